The van der Waals surface area contributed by atoms with Gasteiger partial charge in [0.2, 0.25) is 0 Å². The van der Waals surface area contributed by atoms with E-state index in [1.807, 2.05) is 0 Å². The molecule has 1 heteroatoms. The van der Waals surface area contributed by atoms with E-state index < -0.39 is 0 Å². The van der Waals surface area contributed by atoms with Crippen molar-refractivity contribution >= 4 is 0 Å². The molecule has 2 saturated carbocycles. The average molecular weight is 223 g/mol. The van der Waals surface area contributed by atoms with E-state index in [1.165, 1.54) is 44.9 Å². The first kappa shape index (κ1) is 12.4. The number of nitrogens with one attached hydrogen (secondary N) is 1. The standard InChI is InChI=1S/C15H29N/c1-3-12-6-5-7-13(10-12)14-8-9-15(11-14)16-4-2/h12-16H,3-11H2,1-2H3. The molecule has 4 atom stereocenters. The van der Waals surface area contributed by atoms with Crippen molar-refractivity contribution < 1.29 is 0 Å². The summed E-state index contributed by atoms with van der Waals surface area (Å²) >= 11 is 0. The largest absolute Gasteiger partial charge is 0.314 e. The third-order valence-electron chi connectivity index (χ3n) is 5.03. The highest BCUT2D eigenvalue weighted by molar-refractivity contribution is 4.86. The maximum absolute atomic E-state index is 3.64. The molecule has 16 heavy (non-hydrogen) atoms. The van der Waals surface area contributed by atoms with Gasteiger partial charge in [0, 0.05) is 6.04 Å². The summed E-state index contributed by atoms with van der Waals surface area (Å²) < 4.78 is 0. The lowest BCUT2D eigenvalue weighted by Gasteiger charge is -2.32. The topological polar surface area (TPSA) is 12.0 Å². The van der Waals surface area contributed by atoms with Gasteiger partial charge in [-0.2, -0.15) is 0 Å². The molecule has 1 N–H and O–H groups in total. The Hall–Kier alpha value is -0.0400. The highest BCUT2D eigenvalue weighted by atomic mass is 14.9. The van der Waals surface area contributed by atoms with Gasteiger partial charge in [-0.3, -0.25) is 0 Å². The summed E-state index contributed by atoms with van der Waals surface area (Å²) in [6.45, 7) is 5.77. The molecular weight excluding hydrogens is 194 g/mol. The Bertz CT molecular complexity index is 202. The summed E-state index contributed by atoms with van der Waals surface area (Å²) in [4.78, 5) is 0. The fourth-order valence-corrected chi connectivity index (χ4v) is 4.05. The van der Waals surface area contributed by atoms with E-state index in [1.54, 1.807) is 6.42 Å². The first-order valence-electron chi connectivity index (χ1n) is 7.56. The summed E-state index contributed by atoms with van der Waals surface area (Å²) in [7, 11) is 0. The van der Waals surface area contributed by atoms with Crippen LogP contribution in [0.4, 0.5) is 0 Å². The molecule has 0 spiro atoms. The third kappa shape index (κ3) is 3.00. The molecule has 0 aromatic rings. The molecule has 0 amide bonds. The molecule has 2 fully saturated rings. The number of hydrogen-bond acceptors (Lipinski definition) is 1. The summed E-state index contributed by atoms with van der Waals surface area (Å²) in [5.41, 5.74) is 0. The minimum absolute atomic E-state index is 0.844. The van der Waals surface area contributed by atoms with Crippen molar-refractivity contribution in [1.82, 2.24) is 5.32 Å². The Morgan fingerprint density at radius 1 is 0.938 bits per heavy atom. The minimum atomic E-state index is 0.844. The minimum Gasteiger partial charge on any atom is -0.314 e. The fourth-order valence-electron chi connectivity index (χ4n) is 4.05. The van der Waals surface area contributed by atoms with Crippen LogP contribution in [-0.2, 0) is 0 Å². The summed E-state index contributed by atoms with van der Waals surface area (Å²) in [6, 6.07) is 0.844. The SMILES string of the molecule is CCNC1CCC(C2CCCC(CC)C2)C1. The van der Waals surface area contributed by atoms with E-state index in [9.17, 15) is 0 Å². The van der Waals surface area contributed by atoms with Crippen LogP contribution in [0.2, 0.25) is 0 Å². The molecule has 0 aromatic heterocycles. The van der Waals surface area contributed by atoms with Gasteiger partial charge in [-0.05, 0) is 50.0 Å². The predicted molar refractivity (Wildman–Crippen MR) is 70.5 cm³/mol. The highest BCUT2D eigenvalue weighted by Crippen LogP contribution is 2.41. The van der Waals surface area contributed by atoms with Crippen molar-refractivity contribution in [3.05, 3.63) is 0 Å². The van der Waals surface area contributed by atoms with Gasteiger partial charge >= 0.3 is 0 Å². The molecule has 0 aliphatic heterocycles. The zero-order valence-corrected chi connectivity index (χ0v) is 11.2. The summed E-state index contributed by atoms with van der Waals surface area (Å²) in [6.07, 6.45) is 11.9. The van der Waals surface area contributed by atoms with Gasteiger partial charge in [0.1, 0.15) is 0 Å². The van der Waals surface area contributed by atoms with Crippen molar-refractivity contribution in [2.75, 3.05) is 6.54 Å². The van der Waals surface area contributed by atoms with Gasteiger partial charge in [0.25, 0.3) is 0 Å². The maximum Gasteiger partial charge on any atom is 0.00697 e. The third-order valence-corrected chi connectivity index (χ3v) is 5.03. The van der Waals surface area contributed by atoms with Crippen LogP contribution in [0.5, 0.6) is 0 Å². The van der Waals surface area contributed by atoms with Gasteiger partial charge in [0.05, 0.1) is 0 Å². The molecule has 0 bridgehead atoms. The molecule has 4 unspecified atom stereocenters. The molecule has 1 nitrogen and oxygen atoms in total. The van der Waals surface area contributed by atoms with Crippen molar-refractivity contribution in [3.63, 3.8) is 0 Å². The van der Waals surface area contributed by atoms with Crippen molar-refractivity contribution in [1.29, 1.82) is 0 Å². The zero-order chi connectivity index (χ0) is 11.4. The van der Waals surface area contributed by atoms with Crippen molar-refractivity contribution in [3.8, 4) is 0 Å². The van der Waals surface area contributed by atoms with Crippen LogP contribution in [0, 0.1) is 17.8 Å². The maximum atomic E-state index is 3.64. The van der Waals surface area contributed by atoms with Crippen LogP contribution < -0.4 is 5.32 Å². The normalized spacial score (nSPS) is 40.1. The second-order valence-corrected chi connectivity index (χ2v) is 6.03. The summed E-state index contributed by atoms with van der Waals surface area (Å²) in [5.74, 6) is 3.18. The lowest BCUT2D eigenvalue weighted by atomic mass is 9.74. The van der Waals surface area contributed by atoms with Crippen LogP contribution >= 0.6 is 0 Å². The zero-order valence-electron chi connectivity index (χ0n) is 11.2. The van der Waals surface area contributed by atoms with E-state index in [0.717, 1.165) is 30.3 Å². The second-order valence-electron chi connectivity index (χ2n) is 6.03. The summed E-state index contributed by atoms with van der Waals surface area (Å²) in [5, 5.41) is 3.64. The van der Waals surface area contributed by atoms with Crippen molar-refractivity contribution in [2.24, 2.45) is 17.8 Å². The van der Waals surface area contributed by atoms with Gasteiger partial charge in [0.15, 0.2) is 0 Å². The Morgan fingerprint density at radius 3 is 2.50 bits per heavy atom. The van der Waals surface area contributed by atoms with Gasteiger partial charge < -0.3 is 5.32 Å². The Balaban J connectivity index is 1.79. The average Bonchev–Trinajstić information content (AvgIpc) is 2.78. The molecule has 0 radical (unpaired) electrons. The molecule has 2 aliphatic carbocycles. The lowest BCUT2D eigenvalue weighted by Crippen LogP contribution is -2.27. The second kappa shape index (κ2) is 6.05. The molecule has 0 aromatic carbocycles. The molecule has 94 valence electrons. The monoisotopic (exact) mass is 223 g/mol. The number of rotatable bonds is 4. The lowest BCUT2D eigenvalue weighted by molar-refractivity contribution is 0.191. The van der Waals surface area contributed by atoms with Gasteiger partial charge in [-0.1, -0.05) is 39.5 Å². The van der Waals surface area contributed by atoms with Crippen LogP contribution in [0.3, 0.4) is 0 Å². The van der Waals surface area contributed by atoms with Crippen LogP contribution in [-0.4, -0.2) is 12.6 Å². The van der Waals surface area contributed by atoms with Gasteiger partial charge in [-0.15, -0.1) is 0 Å². The first-order valence-corrected chi connectivity index (χ1v) is 7.56. The van der Waals surface area contributed by atoms with Crippen LogP contribution in [0.15, 0.2) is 0 Å². The molecule has 2 rings (SSSR count). The Kier molecular flexibility index (Phi) is 4.69. The smallest absolute Gasteiger partial charge is 0.00697 e. The van der Waals surface area contributed by atoms with Crippen LogP contribution in [0.1, 0.15) is 65.2 Å². The van der Waals surface area contributed by atoms with E-state index in [4.69, 9.17) is 0 Å². The van der Waals surface area contributed by atoms with Crippen molar-refractivity contribution in [2.45, 2.75) is 71.3 Å². The molecular formula is C15H29N. The fraction of sp³-hybridized carbons (Fsp3) is 1.00. The predicted octanol–water partition coefficient (Wildman–Crippen LogP) is 3.98. The first-order chi connectivity index (χ1) is 7.83. The number of hydrogen-bond donors (Lipinski definition) is 1. The molecule has 2 aliphatic rings. The quantitative estimate of drug-likeness (QED) is 0.760. The van der Waals surface area contributed by atoms with E-state index in [2.05, 4.69) is 19.2 Å². The van der Waals surface area contributed by atoms with E-state index >= 15 is 0 Å². The van der Waals surface area contributed by atoms with Crippen LogP contribution in [0.25, 0.3) is 0 Å². The van der Waals surface area contributed by atoms with E-state index in [-0.39, 0.29) is 0 Å². The highest BCUT2D eigenvalue weighted by Gasteiger charge is 2.33. The molecule has 0 heterocycles. The Labute approximate surface area is 101 Å². The van der Waals surface area contributed by atoms with E-state index in [0.29, 0.717) is 0 Å². The van der Waals surface area contributed by atoms with Gasteiger partial charge in [-0.25, -0.2) is 0 Å². The Morgan fingerprint density at radius 2 is 1.75 bits per heavy atom. The molecule has 0 saturated heterocycles.